The Bertz CT molecular complexity index is 381. The summed E-state index contributed by atoms with van der Waals surface area (Å²) in [5, 5.41) is 0. The second kappa shape index (κ2) is 5.63. The summed E-state index contributed by atoms with van der Waals surface area (Å²) >= 11 is 0. The van der Waals surface area contributed by atoms with E-state index in [-0.39, 0.29) is 6.10 Å². The van der Waals surface area contributed by atoms with Crippen molar-refractivity contribution < 1.29 is 19.1 Å². The summed E-state index contributed by atoms with van der Waals surface area (Å²) in [5.74, 6) is -0.410. The molecule has 0 aromatic carbocycles. The van der Waals surface area contributed by atoms with Crippen LogP contribution in [0.15, 0.2) is 12.2 Å². The van der Waals surface area contributed by atoms with Gasteiger partial charge in [-0.25, -0.2) is 9.59 Å². The summed E-state index contributed by atoms with van der Waals surface area (Å²) in [6.07, 6.45) is -0.285. The average Bonchev–Trinajstić information content (AvgIpc) is 2.56. The maximum absolute atomic E-state index is 12.1. The molecule has 1 fully saturated rings. The van der Waals surface area contributed by atoms with E-state index in [4.69, 9.17) is 9.47 Å². The van der Waals surface area contributed by atoms with Crippen LogP contribution in [0.5, 0.6) is 0 Å². The number of carbonyl (C=O) groups excluding carboxylic acids is 2. The normalized spacial score (nSPS) is 19.8. The molecule has 1 saturated heterocycles. The van der Waals surface area contributed by atoms with Gasteiger partial charge in [0.15, 0.2) is 0 Å². The Hall–Kier alpha value is -1.52. The number of hydrogen-bond donors (Lipinski definition) is 0. The van der Waals surface area contributed by atoms with Crippen LogP contribution in [0.1, 0.15) is 41.0 Å². The number of rotatable bonds is 2. The van der Waals surface area contributed by atoms with Gasteiger partial charge in [0.25, 0.3) is 0 Å². The van der Waals surface area contributed by atoms with Gasteiger partial charge in [0.2, 0.25) is 0 Å². The van der Waals surface area contributed by atoms with E-state index in [1.807, 2.05) is 0 Å². The molecule has 0 aromatic rings. The Morgan fingerprint density at radius 1 is 1.37 bits per heavy atom. The van der Waals surface area contributed by atoms with E-state index in [1.165, 1.54) is 4.90 Å². The minimum atomic E-state index is -0.627. The first kappa shape index (κ1) is 15.5. The Labute approximate surface area is 114 Å². The second-order valence-corrected chi connectivity index (χ2v) is 6.06. The Kier molecular flexibility index (Phi) is 4.61. The van der Waals surface area contributed by atoms with Crippen LogP contribution in [0, 0.1) is 0 Å². The van der Waals surface area contributed by atoms with Crippen molar-refractivity contribution in [1.29, 1.82) is 0 Å². The molecule has 1 aliphatic heterocycles. The highest BCUT2D eigenvalue weighted by molar-refractivity contribution is 5.83. The largest absolute Gasteiger partial charge is 0.458 e. The zero-order valence-corrected chi connectivity index (χ0v) is 12.4. The molecule has 0 aromatic heterocycles. The molecular formula is C14H23NO4. The number of carbonyl (C=O) groups is 2. The summed E-state index contributed by atoms with van der Waals surface area (Å²) in [4.78, 5) is 25.4. The third-order valence-corrected chi connectivity index (χ3v) is 2.50. The van der Waals surface area contributed by atoms with Crippen molar-refractivity contribution in [3.8, 4) is 0 Å². The highest BCUT2D eigenvalue weighted by atomic mass is 16.6. The highest BCUT2D eigenvalue weighted by Gasteiger charge is 2.39. The number of ether oxygens (including phenoxy) is 2. The summed E-state index contributed by atoms with van der Waals surface area (Å²) in [6, 6.07) is -0.627. The molecule has 0 unspecified atom stereocenters. The van der Waals surface area contributed by atoms with Gasteiger partial charge >= 0.3 is 12.1 Å². The van der Waals surface area contributed by atoms with Gasteiger partial charge in [0.1, 0.15) is 11.6 Å². The lowest BCUT2D eigenvalue weighted by atomic mass is 10.1. The van der Waals surface area contributed by atoms with E-state index in [0.29, 0.717) is 13.0 Å². The zero-order valence-electron chi connectivity index (χ0n) is 12.4. The lowest BCUT2D eigenvalue weighted by Gasteiger charge is -2.27. The highest BCUT2D eigenvalue weighted by Crippen LogP contribution is 2.25. The van der Waals surface area contributed by atoms with Crippen LogP contribution in [0.4, 0.5) is 4.79 Å². The number of hydrogen-bond acceptors (Lipinski definition) is 4. The molecule has 0 saturated carbocycles. The zero-order chi connectivity index (χ0) is 14.8. The Morgan fingerprint density at radius 3 is 2.42 bits per heavy atom. The van der Waals surface area contributed by atoms with Gasteiger partial charge in [-0.05, 0) is 34.6 Å². The van der Waals surface area contributed by atoms with Gasteiger partial charge < -0.3 is 9.47 Å². The van der Waals surface area contributed by atoms with E-state index in [0.717, 1.165) is 5.57 Å². The number of likely N-dealkylation sites (tertiary alicyclic amines) is 1. The summed E-state index contributed by atoms with van der Waals surface area (Å²) in [5.41, 5.74) is 0.255. The molecule has 5 nitrogen and oxygen atoms in total. The maximum Gasteiger partial charge on any atom is 0.411 e. The fourth-order valence-corrected chi connectivity index (χ4v) is 1.84. The molecule has 1 heterocycles. The summed E-state index contributed by atoms with van der Waals surface area (Å²) in [7, 11) is 0. The Morgan fingerprint density at radius 2 is 1.95 bits per heavy atom. The average molecular weight is 269 g/mol. The fraction of sp³-hybridized carbons (Fsp3) is 0.714. The molecule has 0 radical (unpaired) electrons. The van der Waals surface area contributed by atoms with Gasteiger partial charge in [0.05, 0.1) is 6.10 Å². The van der Waals surface area contributed by atoms with Crippen molar-refractivity contribution in [2.75, 3.05) is 6.54 Å². The van der Waals surface area contributed by atoms with Crippen molar-refractivity contribution in [3.05, 3.63) is 12.2 Å². The van der Waals surface area contributed by atoms with Crippen LogP contribution in [0.3, 0.4) is 0 Å². The molecular weight excluding hydrogens is 246 g/mol. The van der Waals surface area contributed by atoms with E-state index in [2.05, 4.69) is 6.58 Å². The number of amides is 1. The predicted molar refractivity (Wildman–Crippen MR) is 71.7 cm³/mol. The third kappa shape index (κ3) is 4.58. The summed E-state index contributed by atoms with van der Waals surface area (Å²) in [6.45, 7) is 13.1. The van der Waals surface area contributed by atoms with E-state index in [1.54, 1.807) is 34.6 Å². The molecule has 19 heavy (non-hydrogen) atoms. The maximum atomic E-state index is 12.1. The standard InChI is InChI=1S/C14H23NO4/c1-9(2)18-13(17)15-8-10(3)7-11(15)12(16)19-14(4,5)6/h9,11H,3,7-8H2,1-2,4-6H3/t11-/m0/s1. The number of nitrogens with zero attached hydrogens (tertiary/aromatic N) is 1. The van der Waals surface area contributed by atoms with Crippen LogP contribution in [-0.2, 0) is 14.3 Å². The van der Waals surface area contributed by atoms with Crippen molar-refractivity contribution in [2.45, 2.75) is 58.8 Å². The van der Waals surface area contributed by atoms with Gasteiger partial charge in [-0.15, -0.1) is 0 Å². The molecule has 1 atom stereocenters. The molecule has 0 bridgehead atoms. The minimum Gasteiger partial charge on any atom is -0.458 e. The quantitative estimate of drug-likeness (QED) is 0.571. The molecule has 0 N–H and O–H groups in total. The van der Waals surface area contributed by atoms with Crippen molar-refractivity contribution in [2.24, 2.45) is 0 Å². The van der Waals surface area contributed by atoms with Gasteiger partial charge in [0, 0.05) is 13.0 Å². The van der Waals surface area contributed by atoms with Crippen LogP contribution in [-0.4, -0.2) is 41.3 Å². The lowest BCUT2D eigenvalue weighted by molar-refractivity contribution is -0.159. The first-order valence-electron chi connectivity index (χ1n) is 6.47. The molecule has 108 valence electrons. The first-order valence-corrected chi connectivity index (χ1v) is 6.47. The monoisotopic (exact) mass is 269 g/mol. The van der Waals surface area contributed by atoms with Crippen molar-refractivity contribution in [3.63, 3.8) is 0 Å². The van der Waals surface area contributed by atoms with E-state index in [9.17, 15) is 9.59 Å². The summed E-state index contributed by atoms with van der Waals surface area (Å²) < 4.78 is 10.5. The van der Waals surface area contributed by atoms with Crippen LogP contribution >= 0.6 is 0 Å². The van der Waals surface area contributed by atoms with E-state index < -0.39 is 23.7 Å². The third-order valence-electron chi connectivity index (χ3n) is 2.50. The van der Waals surface area contributed by atoms with Crippen LogP contribution in [0.25, 0.3) is 0 Å². The molecule has 1 rings (SSSR count). The molecule has 0 spiro atoms. The van der Waals surface area contributed by atoms with Gasteiger partial charge in [-0.1, -0.05) is 12.2 Å². The topological polar surface area (TPSA) is 55.8 Å². The SMILES string of the molecule is C=C1C[C@@H](C(=O)OC(C)(C)C)N(C(=O)OC(C)C)C1. The molecule has 0 aliphatic carbocycles. The second-order valence-electron chi connectivity index (χ2n) is 6.06. The smallest absolute Gasteiger partial charge is 0.411 e. The molecule has 1 aliphatic rings. The molecule has 5 heteroatoms. The van der Waals surface area contributed by atoms with Gasteiger partial charge in [-0.3, -0.25) is 4.90 Å². The fourth-order valence-electron chi connectivity index (χ4n) is 1.84. The molecule has 1 amide bonds. The van der Waals surface area contributed by atoms with E-state index >= 15 is 0 Å². The van der Waals surface area contributed by atoms with Crippen molar-refractivity contribution in [1.82, 2.24) is 4.90 Å². The lowest BCUT2D eigenvalue weighted by Crippen LogP contribution is -2.44. The Balaban J connectivity index is 2.77. The van der Waals surface area contributed by atoms with Crippen LogP contribution in [0.2, 0.25) is 0 Å². The first-order chi connectivity index (χ1) is 8.60. The van der Waals surface area contributed by atoms with Crippen molar-refractivity contribution >= 4 is 12.1 Å². The number of esters is 1. The van der Waals surface area contributed by atoms with Crippen LogP contribution < -0.4 is 0 Å². The minimum absolute atomic E-state index is 0.222. The van der Waals surface area contributed by atoms with Gasteiger partial charge in [-0.2, -0.15) is 0 Å². The predicted octanol–water partition coefficient (Wildman–Crippen LogP) is 2.50.